The van der Waals surface area contributed by atoms with Crippen molar-refractivity contribution in [2.75, 3.05) is 19.8 Å². The molecule has 0 rings (SSSR count). The van der Waals surface area contributed by atoms with E-state index in [1.807, 2.05) is 0 Å². The van der Waals surface area contributed by atoms with Crippen molar-refractivity contribution in [1.82, 2.24) is 5.32 Å². The Morgan fingerprint density at radius 3 is 2.82 bits per heavy atom. The molecule has 0 fully saturated rings. The maximum atomic E-state index is 10.7. The standard InChI is InChI=1S/C7H14NO2.Tl/c1-3-5-10-6-4-8-7(2)9;/h2-6H2,1H3,(H,8,9);. The SMILES string of the molecule is CCCOCCNC(=O)[CH2][Tl]. The predicted molar refractivity (Wildman–Crippen MR) is 44.7 cm³/mol. The summed E-state index contributed by atoms with van der Waals surface area (Å²) < 4.78 is 5.89. The quantitative estimate of drug-likeness (QED) is 0.547. The third kappa shape index (κ3) is 8.26. The minimum atomic E-state index is 0.162. The summed E-state index contributed by atoms with van der Waals surface area (Å²) in [7, 11) is 0. The first-order valence-electron chi connectivity index (χ1n) is 3.85. The Balaban J connectivity index is 2.95. The zero-order valence-electron chi connectivity index (χ0n) is 6.93. The molecular weight excluding hydrogens is 334 g/mol. The zero-order valence-corrected chi connectivity index (χ0v) is 11.4. The van der Waals surface area contributed by atoms with E-state index in [0.717, 1.165) is 38.8 Å². The molecule has 0 atom stereocenters. The van der Waals surface area contributed by atoms with Crippen LogP contribution >= 0.6 is 0 Å². The van der Waals surface area contributed by atoms with Gasteiger partial charge in [-0.25, -0.2) is 0 Å². The summed E-state index contributed by atoms with van der Waals surface area (Å²) in [4.78, 5) is 10.7. The first-order chi connectivity index (χ1) is 5.31. The molecule has 1 amide bonds. The van der Waals surface area contributed by atoms with Crippen LogP contribution in [-0.2, 0) is 9.53 Å². The molecule has 0 heterocycles. The van der Waals surface area contributed by atoms with Crippen LogP contribution in [0.1, 0.15) is 13.3 Å². The molecule has 62 valence electrons. The molecule has 0 bridgehead atoms. The van der Waals surface area contributed by atoms with Crippen molar-refractivity contribution in [3.05, 3.63) is 0 Å². The molecule has 0 aliphatic carbocycles. The minimum absolute atomic E-state index is 0.162. The van der Waals surface area contributed by atoms with Gasteiger partial charge in [0.15, 0.2) is 0 Å². The fourth-order valence-corrected chi connectivity index (χ4v) is 1.14. The van der Waals surface area contributed by atoms with Gasteiger partial charge in [0.25, 0.3) is 0 Å². The second kappa shape index (κ2) is 8.45. The summed E-state index contributed by atoms with van der Waals surface area (Å²) in [6, 6.07) is 0. The second-order valence-corrected chi connectivity index (χ2v) is 3.75. The molecular formula is C7H14NO2Tl. The Bertz CT molecular complexity index is 109. The number of nitrogens with one attached hydrogen (secondary N) is 1. The van der Waals surface area contributed by atoms with Crippen LogP contribution in [0, 0.1) is 0 Å². The summed E-state index contributed by atoms with van der Waals surface area (Å²) in [5, 5.41) is 2.77. The fourth-order valence-electron chi connectivity index (χ4n) is 0.581. The summed E-state index contributed by atoms with van der Waals surface area (Å²) in [6.45, 7) is 4.16. The van der Waals surface area contributed by atoms with E-state index in [9.17, 15) is 4.79 Å². The van der Waals surface area contributed by atoms with E-state index in [4.69, 9.17) is 4.74 Å². The van der Waals surface area contributed by atoms with Gasteiger partial charge >= 0.3 is 83.6 Å². The van der Waals surface area contributed by atoms with Gasteiger partial charge < -0.3 is 0 Å². The van der Waals surface area contributed by atoms with Crippen LogP contribution in [-0.4, -0.2) is 51.4 Å². The average molecular weight is 349 g/mol. The summed E-state index contributed by atoms with van der Waals surface area (Å²) in [5.41, 5.74) is 0. The third-order valence-electron chi connectivity index (χ3n) is 1.10. The number of ether oxygens (including phenoxy) is 1. The molecule has 0 unspecified atom stereocenters. The van der Waals surface area contributed by atoms with Gasteiger partial charge in [-0.15, -0.1) is 0 Å². The number of carbonyl (C=O) groups is 1. The Morgan fingerprint density at radius 1 is 1.55 bits per heavy atom. The van der Waals surface area contributed by atoms with Gasteiger partial charge in [0.1, 0.15) is 0 Å². The van der Waals surface area contributed by atoms with E-state index in [0.29, 0.717) is 17.1 Å². The van der Waals surface area contributed by atoms with Crippen LogP contribution in [0.2, 0.25) is 3.98 Å². The first kappa shape index (κ1) is 11.4. The van der Waals surface area contributed by atoms with Crippen molar-refractivity contribution >= 4 is 31.7 Å². The molecule has 0 spiro atoms. The van der Waals surface area contributed by atoms with Crippen molar-refractivity contribution in [2.45, 2.75) is 17.3 Å². The summed E-state index contributed by atoms with van der Waals surface area (Å²) in [6.07, 6.45) is 1.04. The Hall–Kier alpha value is 0.352. The van der Waals surface area contributed by atoms with Gasteiger partial charge in [-0.05, 0) is 0 Å². The van der Waals surface area contributed by atoms with Crippen LogP contribution in [0.4, 0.5) is 0 Å². The van der Waals surface area contributed by atoms with E-state index >= 15 is 0 Å². The van der Waals surface area contributed by atoms with Crippen molar-refractivity contribution < 1.29 is 9.53 Å². The molecule has 0 saturated carbocycles. The van der Waals surface area contributed by atoms with E-state index in [-0.39, 0.29) is 5.91 Å². The van der Waals surface area contributed by atoms with Crippen LogP contribution in [0.3, 0.4) is 0 Å². The average Bonchev–Trinajstić information content (AvgIpc) is 2.04. The molecule has 0 saturated heterocycles. The van der Waals surface area contributed by atoms with Crippen LogP contribution in [0.25, 0.3) is 0 Å². The molecule has 0 radical (unpaired) electrons. The van der Waals surface area contributed by atoms with Crippen molar-refractivity contribution in [3.63, 3.8) is 0 Å². The van der Waals surface area contributed by atoms with Gasteiger partial charge in [0, 0.05) is 0 Å². The Morgan fingerprint density at radius 2 is 2.27 bits per heavy atom. The number of carbonyl (C=O) groups excluding carboxylic acids is 1. The molecule has 0 aromatic carbocycles. The van der Waals surface area contributed by atoms with Gasteiger partial charge in [-0.1, -0.05) is 0 Å². The van der Waals surface area contributed by atoms with E-state index in [1.165, 1.54) is 0 Å². The van der Waals surface area contributed by atoms with E-state index in [1.54, 1.807) is 0 Å². The number of amides is 1. The second-order valence-electron chi connectivity index (χ2n) is 2.17. The maximum absolute atomic E-state index is 10.7. The van der Waals surface area contributed by atoms with E-state index in [2.05, 4.69) is 12.2 Å². The molecule has 0 aromatic rings. The zero-order chi connectivity index (χ0) is 8.53. The summed E-state index contributed by atoms with van der Waals surface area (Å²) >= 11 is 0.761. The molecule has 0 aliphatic rings. The van der Waals surface area contributed by atoms with E-state index < -0.39 is 0 Å². The molecule has 0 aliphatic heterocycles. The monoisotopic (exact) mass is 349 g/mol. The number of rotatable bonds is 6. The Kier molecular flexibility index (Phi) is 8.72. The topological polar surface area (TPSA) is 38.3 Å². The predicted octanol–water partition coefficient (Wildman–Crippen LogP) is 0.116. The molecule has 4 heteroatoms. The van der Waals surface area contributed by atoms with Gasteiger partial charge in [-0.2, -0.15) is 0 Å². The molecule has 3 nitrogen and oxygen atoms in total. The van der Waals surface area contributed by atoms with Crippen molar-refractivity contribution in [1.29, 1.82) is 0 Å². The first-order valence-corrected chi connectivity index (χ1v) is 7.03. The third-order valence-corrected chi connectivity index (χ3v) is 2.54. The number of hydrogen-bond donors (Lipinski definition) is 1. The van der Waals surface area contributed by atoms with Gasteiger partial charge in [0.05, 0.1) is 0 Å². The van der Waals surface area contributed by atoms with Crippen LogP contribution in [0.15, 0.2) is 0 Å². The molecule has 0 aromatic heterocycles. The normalized spacial score (nSPS) is 9.45. The molecule has 11 heavy (non-hydrogen) atoms. The van der Waals surface area contributed by atoms with Gasteiger partial charge in [0.2, 0.25) is 0 Å². The fraction of sp³-hybridized carbons (Fsp3) is 0.857. The van der Waals surface area contributed by atoms with Crippen LogP contribution < -0.4 is 5.32 Å². The molecule has 1 N–H and O–H groups in total. The Labute approximate surface area is 83.6 Å². The number of hydrogen-bond acceptors (Lipinski definition) is 2. The summed E-state index contributed by atoms with van der Waals surface area (Å²) in [5.74, 6) is 0.162. The van der Waals surface area contributed by atoms with Gasteiger partial charge in [-0.3, -0.25) is 0 Å². The van der Waals surface area contributed by atoms with Crippen LogP contribution in [0.5, 0.6) is 0 Å². The van der Waals surface area contributed by atoms with Crippen molar-refractivity contribution in [2.24, 2.45) is 0 Å². The van der Waals surface area contributed by atoms with Crippen molar-refractivity contribution in [3.8, 4) is 0 Å².